The second-order valence-electron chi connectivity index (χ2n) is 5.39. The summed E-state index contributed by atoms with van der Waals surface area (Å²) in [5.74, 6) is 5.17. The first-order valence-corrected chi connectivity index (χ1v) is 7.60. The predicted octanol–water partition coefficient (Wildman–Crippen LogP) is 3.45. The van der Waals surface area contributed by atoms with E-state index in [9.17, 15) is 4.79 Å². The quantitative estimate of drug-likeness (QED) is 0.391. The number of rotatable bonds is 4. The number of anilines is 1. The van der Waals surface area contributed by atoms with E-state index in [2.05, 4.69) is 15.7 Å². The lowest BCUT2D eigenvalue weighted by Crippen LogP contribution is -2.28. The Morgan fingerprint density at radius 1 is 1.00 bits per heavy atom. The molecule has 2 amide bonds. The number of carbonyl (C=O) groups is 1. The fourth-order valence-corrected chi connectivity index (χ4v) is 2.46. The summed E-state index contributed by atoms with van der Waals surface area (Å²) in [7, 11) is 0. The van der Waals surface area contributed by atoms with E-state index in [0.29, 0.717) is 6.54 Å². The minimum Gasteiger partial charge on any atom is -0.334 e. The molecule has 0 aliphatic heterocycles. The van der Waals surface area contributed by atoms with Crippen LogP contribution in [-0.4, -0.2) is 12.2 Å². The maximum absolute atomic E-state index is 12.0. The Bertz CT molecular complexity index is 875. The molecule has 0 unspecified atom stereocenters. The molecule has 0 saturated heterocycles. The van der Waals surface area contributed by atoms with Crippen LogP contribution in [0.4, 0.5) is 10.5 Å². The highest BCUT2D eigenvalue weighted by atomic mass is 16.2. The smallest absolute Gasteiger partial charge is 0.319 e. The van der Waals surface area contributed by atoms with Crippen LogP contribution in [0, 0.1) is 0 Å². The summed E-state index contributed by atoms with van der Waals surface area (Å²) in [5.41, 5.74) is 2.74. The van der Waals surface area contributed by atoms with Crippen LogP contribution in [0.1, 0.15) is 11.1 Å². The fourth-order valence-electron chi connectivity index (χ4n) is 2.46. The number of nitrogens with zero attached hydrogens (tertiary/aromatic N) is 1. The molecule has 5 nitrogen and oxygen atoms in total. The number of hydrazone groups is 1. The minimum absolute atomic E-state index is 0.231. The molecule has 4 N–H and O–H groups in total. The highest BCUT2D eigenvalue weighted by Gasteiger charge is 2.03. The van der Waals surface area contributed by atoms with Crippen molar-refractivity contribution in [1.29, 1.82) is 0 Å². The molecule has 3 aromatic rings. The van der Waals surface area contributed by atoms with Gasteiger partial charge in [-0.1, -0.05) is 48.5 Å². The average molecular weight is 318 g/mol. The molecule has 0 aliphatic rings. The summed E-state index contributed by atoms with van der Waals surface area (Å²) in [5, 5.41) is 11.3. The summed E-state index contributed by atoms with van der Waals surface area (Å²) in [6, 6.07) is 21.2. The molecule has 0 aromatic heterocycles. The first kappa shape index (κ1) is 15.6. The van der Waals surface area contributed by atoms with Crippen LogP contribution in [0.15, 0.2) is 71.8 Å². The van der Waals surface area contributed by atoms with Gasteiger partial charge >= 0.3 is 6.03 Å². The van der Waals surface area contributed by atoms with Gasteiger partial charge in [0, 0.05) is 12.2 Å². The van der Waals surface area contributed by atoms with E-state index in [0.717, 1.165) is 27.6 Å². The number of fused-ring (bicyclic) bond motifs is 1. The first-order valence-electron chi connectivity index (χ1n) is 7.60. The molecule has 24 heavy (non-hydrogen) atoms. The third kappa shape index (κ3) is 3.89. The van der Waals surface area contributed by atoms with E-state index in [4.69, 9.17) is 5.84 Å². The van der Waals surface area contributed by atoms with Crippen molar-refractivity contribution >= 4 is 28.7 Å². The number of hydrogen-bond acceptors (Lipinski definition) is 3. The van der Waals surface area contributed by atoms with Gasteiger partial charge in [0.25, 0.3) is 0 Å². The van der Waals surface area contributed by atoms with Gasteiger partial charge in [0.2, 0.25) is 0 Å². The van der Waals surface area contributed by atoms with E-state index in [1.165, 1.54) is 0 Å². The van der Waals surface area contributed by atoms with Crippen LogP contribution in [-0.2, 0) is 6.54 Å². The van der Waals surface area contributed by atoms with Crippen molar-refractivity contribution in [3.05, 3.63) is 77.9 Å². The Kier molecular flexibility index (Phi) is 4.72. The molecule has 0 fully saturated rings. The number of benzene rings is 3. The van der Waals surface area contributed by atoms with E-state index in [-0.39, 0.29) is 6.03 Å². The van der Waals surface area contributed by atoms with Crippen molar-refractivity contribution < 1.29 is 4.79 Å². The lowest BCUT2D eigenvalue weighted by atomic mass is 10.1. The average Bonchev–Trinajstić information content (AvgIpc) is 2.61. The number of amides is 2. The number of nitrogens with one attached hydrogen (secondary N) is 2. The van der Waals surface area contributed by atoms with Gasteiger partial charge < -0.3 is 16.5 Å². The largest absolute Gasteiger partial charge is 0.334 e. The van der Waals surface area contributed by atoms with Gasteiger partial charge in [-0.05, 0) is 40.1 Å². The van der Waals surface area contributed by atoms with Gasteiger partial charge in [-0.2, -0.15) is 5.10 Å². The van der Waals surface area contributed by atoms with E-state index in [1.807, 2.05) is 66.7 Å². The van der Waals surface area contributed by atoms with Gasteiger partial charge in [-0.15, -0.1) is 0 Å². The van der Waals surface area contributed by atoms with E-state index >= 15 is 0 Å². The van der Waals surface area contributed by atoms with Gasteiger partial charge in [-0.25, -0.2) is 4.79 Å². The molecule has 5 heteroatoms. The highest BCUT2D eigenvalue weighted by molar-refractivity contribution is 5.95. The van der Waals surface area contributed by atoms with Crippen LogP contribution >= 0.6 is 0 Å². The molecule has 3 aromatic carbocycles. The summed E-state index contributed by atoms with van der Waals surface area (Å²) in [4.78, 5) is 12.0. The number of carbonyl (C=O) groups excluding carboxylic acids is 1. The summed E-state index contributed by atoms with van der Waals surface area (Å²) in [6.07, 6.45) is 1.60. The molecule has 120 valence electrons. The van der Waals surface area contributed by atoms with E-state index < -0.39 is 0 Å². The predicted molar refractivity (Wildman–Crippen MR) is 98.0 cm³/mol. The SMILES string of the molecule is N/N=C\c1ccc2cc(NC(=O)NCc3ccccc3)ccc2c1. The summed E-state index contributed by atoms with van der Waals surface area (Å²) < 4.78 is 0. The molecule has 0 bridgehead atoms. The molecular weight excluding hydrogens is 300 g/mol. The fraction of sp³-hybridized carbons (Fsp3) is 0.0526. The molecule has 0 aliphatic carbocycles. The number of urea groups is 1. The summed E-state index contributed by atoms with van der Waals surface area (Å²) in [6.45, 7) is 0.488. The second-order valence-corrected chi connectivity index (χ2v) is 5.39. The molecule has 0 heterocycles. The van der Waals surface area contributed by atoms with Crippen LogP contribution < -0.4 is 16.5 Å². The van der Waals surface area contributed by atoms with Crippen molar-refractivity contribution in [3.63, 3.8) is 0 Å². The summed E-state index contributed by atoms with van der Waals surface area (Å²) >= 11 is 0. The molecule has 3 rings (SSSR count). The third-order valence-electron chi connectivity index (χ3n) is 3.64. The third-order valence-corrected chi connectivity index (χ3v) is 3.64. The topological polar surface area (TPSA) is 79.5 Å². The minimum atomic E-state index is -0.231. The molecule has 0 radical (unpaired) electrons. The van der Waals surface area contributed by atoms with Crippen LogP contribution in [0.2, 0.25) is 0 Å². The van der Waals surface area contributed by atoms with Crippen LogP contribution in [0.5, 0.6) is 0 Å². The van der Waals surface area contributed by atoms with Crippen molar-refractivity contribution in [2.75, 3.05) is 5.32 Å². The Labute approximate surface area is 140 Å². The van der Waals surface area contributed by atoms with Gasteiger partial charge in [0.1, 0.15) is 0 Å². The standard InChI is InChI=1S/C19H18N4O/c20-22-13-15-6-7-17-11-18(9-8-16(17)10-15)23-19(24)21-12-14-4-2-1-3-5-14/h1-11,13H,12,20H2,(H2,21,23,24)/b22-13-. The Hall–Kier alpha value is -3.34. The maximum atomic E-state index is 12.0. The molecule has 0 saturated carbocycles. The number of hydrogen-bond donors (Lipinski definition) is 3. The Morgan fingerprint density at radius 3 is 2.54 bits per heavy atom. The first-order chi connectivity index (χ1) is 11.7. The Balaban J connectivity index is 1.66. The lowest BCUT2D eigenvalue weighted by molar-refractivity contribution is 0.251. The van der Waals surface area contributed by atoms with Gasteiger partial charge in [0.05, 0.1) is 6.21 Å². The zero-order valence-corrected chi connectivity index (χ0v) is 13.1. The molecule has 0 atom stereocenters. The Morgan fingerprint density at radius 2 is 1.75 bits per heavy atom. The zero-order valence-electron chi connectivity index (χ0n) is 13.1. The zero-order chi connectivity index (χ0) is 16.8. The van der Waals surface area contributed by atoms with Crippen LogP contribution in [0.25, 0.3) is 10.8 Å². The van der Waals surface area contributed by atoms with E-state index in [1.54, 1.807) is 6.21 Å². The normalized spacial score (nSPS) is 10.8. The van der Waals surface area contributed by atoms with Gasteiger partial charge in [0.15, 0.2) is 0 Å². The molecular formula is C19H18N4O. The maximum Gasteiger partial charge on any atom is 0.319 e. The van der Waals surface area contributed by atoms with Crippen LogP contribution in [0.3, 0.4) is 0 Å². The second kappa shape index (κ2) is 7.28. The van der Waals surface area contributed by atoms with Crippen molar-refractivity contribution in [3.8, 4) is 0 Å². The van der Waals surface area contributed by atoms with Crippen molar-refractivity contribution in [2.45, 2.75) is 6.54 Å². The highest BCUT2D eigenvalue weighted by Crippen LogP contribution is 2.20. The van der Waals surface area contributed by atoms with Crippen molar-refractivity contribution in [2.24, 2.45) is 10.9 Å². The van der Waals surface area contributed by atoms with Gasteiger partial charge in [-0.3, -0.25) is 0 Å². The molecule has 0 spiro atoms. The lowest BCUT2D eigenvalue weighted by Gasteiger charge is -2.09. The number of nitrogens with two attached hydrogens (primary N) is 1. The monoisotopic (exact) mass is 318 g/mol. The van der Waals surface area contributed by atoms with Crippen molar-refractivity contribution in [1.82, 2.24) is 5.32 Å².